The first-order valence-corrected chi connectivity index (χ1v) is 8.53. The van der Waals surface area contributed by atoms with Crippen LogP contribution in [-0.2, 0) is 23.2 Å². The number of nitrogens with zero attached hydrogens (tertiary/aromatic N) is 2. The highest BCUT2D eigenvalue weighted by Gasteiger charge is 2.10. The van der Waals surface area contributed by atoms with E-state index < -0.39 is 10.8 Å². The Labute approximate surface area is 122 Å². The maximum Gasteiger partial charge on any atom is 0.124 e. The van der Waals surface area contributed by atoms with Gasteiger partial charge in [-0.05, 0) is 18.2 Å². The van der Waals surface area contributed by atoms with E-state index in [2.05, 4.69) is 25.5 Å². The van der Waals surface area contributed by atoms with Crippen molar-refractivity contribution in [3.8, 4) is 0 Å². The number of hydrogen-bond acceptors (Lipinski definition) is 2. The average molecular weight is 350 g/mol. The highest BCUT2D eigenvalue weighted by atomic mass is 79.9. The predicted octanol–water partition coefficient (Wildman–Crippen LogP) is 3.31. The summed E-state index contributed by atoms with van der Waals surface area (Å²) in [7, 11) is -0.770. The van der Waals surface area contributed by atoms with E-state index in [0.29, 0.717) is 23.9 Å². The highest BCUT2D eigenvalue weighted by Crippen LogP contribution is 2.21. The molecule has 0 radical (unpaired) electrons. The maximum atomic E-state index is 11.5. The third-order valence-corrected chi connectivity index (χ3v) is 4.79. The number of benzene rings is 1. The summed E-state index contributed by atoms with van der Waals surface area (Å²) in [6.07, 6.45) is 0. The second kappa shape index (κ2) is 6.17. The van der Waals surface area contributed by atoms with Gasteiger partial charge in [0.05, 0.1) is 16.9 Å². The molecule has 18 heavy (non-hydrogen) atoms. The number of alkyl halides is 1. The van der Waals surface area contributed by atoms with Crippen LogP contribution in [0.2, 0.25) is 0 Å². The first kappa shape index (κ1) is 14.0. The third-order valence-electron chi connectivity index (χ3n) is 2.77. The molecule has 1 aromatic carbocycles. The molecule has 2 aromatic rings. The summed E-state index contributed by atoms with van der Waals surface area (Å²) in [5, 5.41) is 0. The molecular weight excluding hydrogens is 336 g/mol. The molecule has 0 saturated heterocycles. The molecule has 0 amide bonds. The fourth-order valence-corrected chi connectivity index (χ4v) is 3.07. The van der Waals surface area contributed by atoms with Gasteiger partial charge in [0.1, 0.15) is 5.82 Å². The van der Waals surface area contributed by atoms with E-state index >= 15 is 0 Å². The Morgan fingerprint density at radius 2 is 2.28 bits per heavy atom. The summed E-state index contributed by atoms with van der Waals surface area (Å²) in [5.74, 6) is 2.53. The van der Waals surface area contributed by atoms with Crippen LogP contribution < -0.4 is 0 Å². The molecule has 1 unspecified atom stereocenters. The van der Waals surface area contributed by atoms with Crippen molar-refractivity contribution in [2.75, 3.05) is 11.5 Å². The molecule has 1 aromatic heterocycles. The molecule has 0 saturated carbocycles. The first-order valence-electron chi connectivity index (χ1n) is 5.71. The van der Waals surface area contributed by atoms with Crippen LogP contribution in [-0.4, -0.2) is 25.3 Å². The normalized spacial score (nSPS) is 13.1. The van der Waals surface area contributed by atoms with Crippen LogP contribution in [0, 0.1) is 0 Å². The second-order valence-corrected chi connectivity index (χ2v) is 6.93. The average Bonchev–Trinajstić information content (AvgIpc) is 2.72. The van der Waals surface area contributed by atoms with Crippen molar-refractivity contribution in [1.82, 2.24) is 9.55 Å². The van der Waals surface area contributed by atoms with Crippen molar-refractivity contribution >= 4 is 49.4 Å². The van der Waals surface area contributed by atoms with E-state index in [9.17, 15) is 4.21 Å². The van der Waals surface area contributed by atoms with Crippen molar-refractivity contribution in [3.05, 3.63) is 28.5 Å². The molecular formula is C12H14BrClN2OS. The highest BCUT2D eigenvalue weighted by molar-refractivity contribution is 9.10. The Morgan fingerprint density at radius 1 is 1.50 bits per heavy atom. The van der Waals surface area contributed by atoms with Crippen molar-refractivity contribution in [1.29, 1.82) is 0 Å². The van der Waals surface area contributed by atoms with E-state index in [-0.39, 0.29) is 0 Å². The van der Waals surface area contributed by atoms with Crippen LogP contribution >= 0.6 is 27.5 Å². The lowest BCUT2D eigenvalue weighted by molar-refractivity contribution is 0.673. The van der Waals surface area contributed by atoms with Gasteiger partial charge in [0.25, 0.3) is 0 Å². The Balaban J connectivity index is 2.37. The van der Waals surface area contributed by atoms with Gasteiger partial charge in [-0.2, -0.15) is 0 Å². The molecule has 6 heteroatoms. The second-order valence-electron chi connectivity index (χ2n) is 3.88. The zero-order valence-corrected chi connectivity index (χ0v) is 13.2. The quantitative estimate of drug-likeness (QED) is 0.776. The summed E-state index contributed by atoms with van der Waals surface area (Å²) in [4.78, 5) is 4.50. The maximum absolute atomic E-state index is 11.5. The summed E-state index contributed by atoms with van der Waals surface area (Å²) in [6.45, 7) is 2.63. The lowest BCUT2D eigenvalue weighted by Crippen LogP contribution is -2.11. The van der Waals surface area contributed by atoms with Gasteiger partial charge in [-0.15, -0.1) is 11.6 Å². The summed E-state index contributed by atoms with van der Waals surface area (Å²) >= 11 is 9.35. The largest absolute Gasteiger partial charge is 0.326 e. The van der Waals surface area contributed by atoms with Crippen LogP contribution in [0.3, 0.4) is 0 Å². The molecule has 0 spiro atoms. The standard InChI is InChI=1S/C12H14BrClN2OS/c1-2-18(17)6-5-16-11-4-3-9(13)7-10(11)15-12(16)8-14/h3-4,7H,2,5-6,8H2,1H3. The zero-order valence-electron chi connectivity index (χ0n) is 10.0. The van der Waals surface area contributed by atoms with E-state index in [0.717, 1.165) is 21.3 Å². The zero-order chi connectivity index (χ0) is 13.1. The number of aryl methyl sites for hydroxylation is 1. The first-order chi connectivity index (χ1) is 8.65. The fraction of sp³-hybridized carbons (Fsp3) is 0.417. The predicted molar refractivity (Wildman–Crippen MR) is 80.5 cm³/mol. The van der Waals surface area contributed by atoms with Gasteiger partial charge < -0.3 is 4.57 Å². The Kier molecular flexibility index (Phi) is 4.81. The van der Waals surface area contributed by atoms with Gasteiger partial charge in [0, 0.05) is 33.3 Å². The topological polar surface area (TPSA) is 34.9 Å². The van der Waals surface area contributed by atoms with Crippen LogP contribution in [0.15, 0.2) is 22.7 Å². The summed E-state index contributed by atoms with van der Waals surface area (Å²) in [6, 6.07) is 5.96. The molecule has 0 fully saturated rings. The van der Waals surface area contributed by atoms with E-state index in [1.165, 1.54) is 0 Å². The van der Waals surface area contributed by atoms with Gasteiger partial charge in [0.15, 0.2) is 0 Å². The molecule has 0 bridgehead atoms. The molecule has 0 aliphatic carbocycles. The monoisotopic (exact) mass is 348 g/mol. The van der Waals surface area contributed by atoms with Crippen molar-refractivity contribution in [2.45, 2.75) is 19.3 Å². The molecule has 0 aliphatic rings. The third kappa shape index (κ3) is 2.95. The molecule has 2 rings (SSSR count). The fourth-order valence-electron chi connectivity index (χ4n) is 1.84. The Morgan fingerprint density at radius 3 is 2.94 bits per heavy atom. The number of fused-ring (bicyclic) bond motifs is 1. The molecule has 0 N–H and O–H groups in total. The number of hydrogen-bond donors (Lipinski definition) is 0. The van der Waals surface area contributed by atoms with Crippen molar-refractivity contribution in [2.24, 2.45) is 0 Å². The molecule has 1 atom stereocenters. The van der Waals surface area contributed by atoms with Crippen molar-refractivity contribution in [3.63, 3.8) is 0 Å². The van der Waals surface area contributed by atoms with Crippen LogP contribution in [0.4, 0.5) is 0 Å². The lowest BCUT2D eigenvalue weighted by Gasteiger charge is -2.06. The SMILES string of the molecule is CCS(=O)CCn1c(CCl)nc2cc(Br)ccc21. The van der Waals surface area contributed by atoms with Gasteiger partial charge >= 0.3 is 0 Å². The minimum Gasteiger partial charge on any atom is -0.326 e. The lowest BCUT2D eigenvalue weighted by atomic mass is 10.3. The van der Waals surface area contributed by atoms with E-state index in [4.69, 9.17) is 11.6 Å². The number of rotatable bonds is 5. The Bertz CT molecular complexity index is 585. The van der Waals surface area contributed by atoms with Crippen molar-refractivity contribution < 1.29 is 4.21 Å². The van der Waals surface area contributed by atoms with Gasteiger partial charge in [-0.25, -0.2) is 4.98 Å². The molecule has 3 nitrogen and oxygen atoms in total. The van der Waals surface area contributed by atoms with Crippen LogP contribution in [0.5, 0.6) is 0 Å². The Hall–Kier alpha value is -0.390. The van der Waals surface area contributed by atoms with Gasteiger partial charge in [-0.1, -0.05) is 22.9 Å². The minimum absolute atomic E-state index is 0.366. The van der Waals surface area contributed by atoms with E-state index in [1.54, 1.807) is 0 Å². The number of imidazole rings is 1. The minimum atomic E-state index is -0.770. The number of aromatic nitrogens is 2. The number of halogens is 2. The summed E-state index contributed by atoms with van der Waals surface area (Å²) in [5.41, 5.74) is 1.96. The van der Waals surface area contributed by atoms with Crippen LogP contribution in [0.1, 0.15) is 12.7 Å². The van der Waals surface area contributed by atoms with Gasteiger partial charge in [0.2, 0.25) is 0 Å². The van der Waals surface area contributed by atoms with Crippen LogP contribution in [0.25, 0.3) is 11.0 Å². The molecule has 0 aliphatic heterocycles. The van der Waals surface area contributed by atoms with Gasteiger partial charge in [-0.3, -0.25) is 4.21 Å². The molecule has 98 valence electrons. The summed E-state index contributed by atoms with van der Waals surface area (Å²) < 4.78 is 14.6. The van der Waals surface area contributed by atoms with E-state index in [1.807, 2.05) is 25.1 Å². The smallest absolute Gasteiger partial charge is 0.124 e. The molecule has 1 heterocycles.